The second kappa shape index (κ2) is 9.35. The van der Waals surface area contributed by atoms with Crippen LogP contribution in [-0.4, -0.2) is 14.3 Å². The molecule has 7 heteroatoms. The third-order valence-electron chi connectivity index (χ3n) is 4.33. The highest BCUT2D eigenvalue weighted by Gasteiger charge is 2.24. The van der Waals surface area contributed by atoms with E-state index in [9.17, 15) is 13.2 Å². The molecule has 1 unspecified atom stereocenters. The van der Waals surface area contributed by atoms with Gasteiger partial charge in [-0.1, -0.05) is 64.0 Å². The van der Waals surface area contributed by atoms with E-state index in [1.807, 2.05) is 37.3 Å². The van der Waals surface area contributed by atoms with Crippen LogP contribution in [-0.2, 0) is 14.8 Å². The van der Waals surface area contributed by atoms with E-state index in [1.54, 1.807) is 48.5 Å². The summed E-state index contributed by atoms with van der Waals surface area (Å²) in [5.74, 6) is -0.284. The van der Waals surface area contributed by atoms with E-state index in [2.05, 4.69) is 26.0 Å². The zero-order valence-corrected chi connectivity index (χ0v) is 18.2. The van der Waals surface area contributed by atoms with Crippen molar-refractivity contribution >= 4 is 37.5 Å². The quantitative estimate of drug-likeness (QED) is 0.518. The van der Waals surface area contributed by atoms with Crippen molar-refractivity contribution in [2.45, 2.75) is 24.3 Å². The minimum Gasteiger partial charge on any atom is -0.326 e. The third-order valence-corrected chi connectivity index (χ3v) is 6.31. The average molecular weight is 473 g/mol. The lowest BCUT2D eigenvalue weighted by Crippen LogP contribution is -2.31. The van der Waals surface area contributed by atoms with Gasteiger partial charge in [0.15, 0.2) is 0 Å². The first-order valence-corrected chi connectivity index (χ1v) is 11.3. The standard InChI is InChI=1S/C22H21BrN2O3S/c1-16-10-12-20(13-11-16)29(27,28)25-21(17-6-5-7-18(23)14-17)15-22(26)24-19-8-3-2-4-9-19/h2-14,21,25H,15H2,1H3,(H,24,26). The fourth-order valence-electron chi connectivity index (χ4n) is 2.84. The highest BCUT2D eigenvalue weighted by Crippen LogP contribution is 2.24. The van der Waals surface area contributed by atoms with Crippen LogP contribution >= 0.6 is 15.9 Å². The number of benzene rings is 3. The first kappa shape index (κ1) is 21.2. The maximum atomic E-state index is 12.9. The Balaban J connectivity index is 1.85. The Labute approximate surface area is 179 Å². The predicted molar refractivity (Wildman–Crippen MR) is 118 cm³/mol. The van der Waals surface area contributed by atoms with Gasteiger partial charge >= 0.3 is 0 Å². The normalized spacial score (nSPS) is 12.3. The molecule has 3 aromatic rings. The number of amides is 1. The monoisotopic (exact) mass is 472 g/mol. The number of rotatable bonds is 7. The highest BCUT2D eigenvalue weighted by atomic mass is 79.9. The number of carbonyl (C=O) groups is 1. The van der Waals surface area contributed by atoms with Crippen molar-refractivity contribution in [3.8, 4) is 0 Å². The van der Waals surface area contributed by atoms with Crippen LogP contribution < -0.4 is 10.0 Å². The van der Waals surface area contributed by atoms with Gasteiger partial charge < -0.3 is 5.32 Å². The molecule has 0 saturated carbocycles. The van der Waals surface area contributed by atoms with Gasteiger partial charge in [-0.3, -0.25) is 4.79 Å². The molecule has 1 atom stereocenters. The van der Waals surface area contributed by atoms with E-state index in [1.165, 1.54) is 0 Å². The summed E-state index contributed by atoms with van der Waals surface area (Å²) < 4.78 is 29.3. The van der Waals surface area contributed by atoms with E-state index in [0.29, 0.717) is 11.3 Å². The predicted octanol–water partition coefficient (Wildman–Crippen LogP) is 4.81. The van der Waals surface area contributed by atoms with Crippen LogP contribution in [0.15, 0.2) is 88.2 Å². The molecular weight excluding hydrogens is 452 g/mol. The second-order valence-corrected chi connectivity index (χ2v) is 9.29. The lowest BCUT2D eigenvalue weighted by atomic mass is 10.0. The van der Waals surface area contributed by atoms with Crippen molar-refractivity contribution < 1.29 is 13.2 Å². The van der Waals surface area contributed by atoms with Gasteiger partial charge in [-0.2, -0.15) is 0 Å². The number of sulfonamides is 1. The fraction of sp³-hybridized carbons (Fsp3) is 0.136. The molecule has 0 fully saturated rings. The van der Waals surface area contributed by atoms with Crippen LogP contribution in [0, 0.1) is 6.92 Å². The zero-order chi connectivity index (χ0) is 20.9. The number of aryl methyl sites for hydroxylation is 1. The lowest BCUT2D eigenvalue weighted by Gasteiger charge is -2.19. The van der Waals surface area contributed by atoms with Crippen LogP contribution in [0.4, 0.5) is 5.69 Å². The average Bonchev–Trinajstić information content (AvgIpc) is 2.68. The lowest BCUT2D eigenvalue weighted by molar-refractivity contribution is -0.116. The first-order valence-electron chi connectivity index (χ1n) is 9.03. The Morgan fingerprint density at radius 1 is 0.966 bits per heavy atom. The Morgan fingerprint density at radius 3 is 2.31 bits per heavy atom. The van der Waals surface area contributed by atoms with Crippen molar-refractivity contribution in [2.24, 2.45) is 0 Å². The molecule has 3 rings (SSSR count). The molecule has 0 bridgehead atoms. The summed E-state index contributed by atoms with van der Waals surface area (Å²) in [6.07, 6.45) is -0.0452. The van der Waals surface area contributed by atoms with Crippen LogP contribution in [0.3, 0.4) is 0 Å². The molecule has 0 spiro atoms. The van der Waals surface area contributed by atoms with E-state index in [0.717, 1.165) is 10.0 Å². The minimum atomic E-state index is -3.80. The first-order chi connectivity index (χ1) is 13.8. The maximum Gasteiger partial charge on any atom is 0.241 e. The second-order valence-electron chi connectivity index (χ2n) is 6.66. The smallest absolute Gasteiger partial charge is 0.241 e. The number of para-hydroxylation sites is 1. The summed E-state index contributed by atoms with van der Waals surface area (Å²) >= 11 is 3.41. The summed E-state index contributed by atoms with van der Waals surface area (Å²) in [6, 6.07) is 22.2. The Hall–Kier alpha value is -2.48. The number of hydrogen-bond acceptors (Lipinski definition) is 3. The van der Waals surface area contributed by atoms with E-state index < -0.39 is 16.1 Å². The number of halogens is 1. The summed E-state index contributed by atoms with van der Waals surface area (Å²) in [5.41, 5.74) is 2.32. The van der Waals surface area contributed by atoms with Gasteiger partial charge in [0.05, 0.1) is 10.9 Å². The van der Waals surface area contributed by atoms with Crippen LogP contribution in [0.5, 0.6) is 0 Å². The number of nitrogens with one attached hydrogen (secondary N) is 2. The van der Waals surface area contributed by atoms with Crippen molar-refractivity contribution in [1.82, 2.24) is 4.72 Å². The molecule has 5 nitrogen and oxygen atoms in total. The summed E-state index contributed by atoms with van der Waals surface area (Å²) in [5, 5.41) is 2.80. The summed E-state index contributed by atoms with van der Waals surface area (Å²) in [4.78, 5) is 12.7. The van der Waals surface area contributed by atoms with E-state index in [4.69, 9.17) is 0 Å². The van der Waals surface area contributed by atoms with Gasteiger partial charge in [0.25, 0.3) is 0 Å². The molecule has 0 heterocycles. The molecule has 0 aliphatic carbocycles. The van der Waals surface area contributed by atoms with Crippen molar-refractivity contribution in [2.75, 3.05) is 5.32 Å². The topological polar surface area (TPSA) is 75.3 Å². The van der Waals surface area contributed by atoms with Gasteiger partial charge in [0, 0.05) is 16.6 Å². The number of anilines is 1. The molecule has 0 aromatic heterocycles. The number of hydrogen-bond donors (Lipinski definition) is 2. The third kappa shape index (κ3) is 6.00. The van der Waals surface area contributed by atoms with Crippen molar-refractivity contribution in [3.63, 3.8) is 0 Å². The molecule has 0 aliphatic rings. The molecular formula is C22H21BrN2O3S. The Morgan fingerprint density at radius 2 is 1.66 bits per heavy atom. The summed E-state index contributed by atoms with van der Waals surface area (Å²) in [6.45, 7) is 1.89. The molecule has 0 radical (unpaired) electrons. The van der Waals surface area contributed by atoms with Gasteiger partial charge in [0.2, 0.25) is 15.9 Å². The van der Waals surface area contributed by atoms with Gasteiger partial charge in [0.1, 0.15) is 0 Å². The molecule has 2 N–H and O–H groups in total. The van der Waals surface area contributed by atoms with Crippen LogP contribution in [0.25, 0.3) is 0 Å². The maximum absolute atomic E-state index is 12.9. The Kier molecular flexibility index (Phi) is 6.84. The van der Waals surface area contributed by atoms with Crippen molar-refractivity contribution in [1.29, 1.82) is 0 Å². The van der Waals surface area contributed by atoms with Crippen LogP contribution in [0.1, 0.15) is 23.6 Å². The van der Waals surface area contributed by atoms with E-state index in [-0.39, 0.29) is 17.2 Å². The Bertz CT molecular complexity index is 1080. The SMILES string of the molecule is Cc1ccc(S(=O)(=O)NC(CC(=O)Nc2ccccc2)c2cccc(Br)c2)cc1. The summed E-state index contributed by atoms with van der Waals surface area (Å²) in [7, 11) is -3.80. The van der Waals surface area contributed by atoms with Crippen LogP contribution in [0.2, 0.25) is 0 Å². The van der Waals surface area contributed by atoms with Gasteiger partial charge in [-0.15, -0.1) is 0 Å². The molecule has 1 amide bonds. The molecule has 29 heavy (non-hydrogen) atoms. The molecule has 0 saturated heterocycles. The molecule has 150 valence electrons. The van der Waals surface area contributed by atoms with E-state index >= 15 is 0 Å². The van der Waals surface area contributed by atoms with Crippen molar-refractivity contribution in [3.05, 3.63) is 94.5 Å². The van der Waals surface area contributed by atoms with Gasteiger partial charge in [-0.05, 0) is 48.9 Å². The largest absolute Gasteiger partial charge is 0.326 e. The minimum absolute atomic E-state index is 0.0452. The molecule has 3 aromatic carbocycles. The van der Waals surface area contributed by atoms with Gasteiger partial charge in [-0.25, -0.2) is 13.1 Å². The highest BCUT2D eigenvalue weighted by molar-refractivity contribution is 9.10. The molecule has 0 aliphatic heterocycles. The number of carbonyl (C=O) groups excluding carboxylic acids is 1. The fourth-order valence-corrected chi connectivity index (χ4v) is 4.48. The zero-order valence-electron chi connectivity index (χ0n) is 15.8.